The Bertz CT molecular complexity index is 447. The minimum absolute atomic E-state index is 0.879. The first-order valence-electron chi connectivity index (χ1n) is 5.16. The molecule has 0 aromatic carbocycles. The summed E-state index contributed by atoms with van der Waals surface area (Å²) in [5.41, 5.74) is 9.32. The zero-order valence-electron chi connectivity index (χ0n) is 9.73. The first kappa shape index (κ1) is 12.5. The van der Waals surface area contributed by atoms with Crippen LogP contribution in [0, 0.1) is 6.92 Å². The van der Waals surface area contributed by atoms with E-state index in [2.05, 4.69) is 18.0 Å². The van der Waals surface area contributed by atoms with E-state index in [9.17, 15) is 0 Å². The summed E-state index contributed by atoms with van der Waals surface area (Å²) in [7, 11) is 0. The van der Waals surface area contributed by atoms with E-state index in [1.165, 1.54) is 5.56 Å². The van der Waals surface area contributed by atoms with Gasteiger partial charge in [-0.3, -0.25) is 0 Å². The van der Waals surface area contributed by atoms with Crippen molar-refractivity contribution in [3.63, 3.8) is 0 Å². The monoisotopic (exact) mass is 231 g/mol. The molecule has 0 atom stereocenters. The minimum Gasteiger partial charge on any atom is -0.390 e. The lowest BCUT2D eigenvalue weighted by atomic mass is 10.0. The van der Waals surface area contributed by atoms with Crippen LogP contribution in [0.2, 0.25) is 0 Å². The van der Waals surface area contributed by atoms with Gasteiger partial charge in [0.1, 0.15) is 0 Å². The van der Waals surface area contributed by atoms with E-state index in [0.29, 0.717) is 0 Å². The molecule has 1 rings (SSSR count). The predicted octanol–water partition coefficient (Wildman–Crippen LogP) is 4.34. The standard InChI is InChI=1S/C14H17NS/c1-4-6-7-9-12(8-5-2)13-10-16-14(15)11(13)3/h4-10H,2,15H2,1,3H3/b6-4-,9-7-,12-8+. The number of rotatable bonds is 4. The fraction of sp³-hybridized carbons (Fsp3) is 0.143. The molecular weight excluding hydrogens is 214 g/mol. The van der Waals surface area contributed by atoms with Gasteiger partial charge in [-0.1, -0.05) is 43.0 Å². The molecule has 16 heavy (non-hydrogen) atoms. The summed E-state index contributed by atoms with van der Waals surface area (Å²) in [6.45, 7) is 7.77. The van der Waals surface area contributed by atoms with Crippen molar-refractivity contribution in [1.82, 2.24) is 0 Å². The summed E-state index contributed by atoms with van der Waals surface area (Å²) in [5, 5.41) is 2.96. The first-order valence-corrected chi connectivity index (χ1v) is 6.04. The topological polar surface area (TPSA) is 26.0 Å². The van der Waals surface area contributed by atoms with E-state index < -0.39 is 0 Å². The summed E-state index contributed by atoms with van der Waals surface area (Å²) in [4.78, 5) is 0. The third kappa shape index (κ3) is 2.97. The maximum absolute atomic E-state index is 5.86. The largest absolute Gasteiger partial charge is 0.390 e. The number of nitrogen functional groups attached to an aromatic ring is 1. The van der Waals surface area contributed by atoms with Gasteiger partial charge in [0, 0.05) is 5.38 Å². The van der Waals surface area contributed by atoms with Gasteiger partial charge in [-0.25, -0.2) is 0 Å². The lowest BCUT2D eigenvalue weighted by molar-refractivity contribution is 1.50. The van der Waals surface area contributed by atoms with Gasteiger partial charge in [0.05, 0.1) is 5.00 Å². The van der Waals surface area contributed by atoms with Crippen LogP contribution in [0.5, 0.6) is 0 Å². The molecule has 1 nitrogen and oxygen atoms in total. The number of allylic oxidation sites excluding steroid dienone is 7. The molecule has 0 unspecified atom stereocenters. The Morgan fingerprint density at radius 2 is 2.19 bits per heavy atom. The third-order valence-corrected chi connectivity index (χ3v) is 3.18. The van der Waals surface area contributed by atoms with Gasteiger partial charge in [0.2, 0.25) is 0 Å². The highest BCUT2D eigenvalue weighted by Gasteiger charge is 2.06. The Hall–Kier alpha value is -1.54. The van der Waals surface area contributed by atoms with Crippen molar-refractivity contribution in [2.45, 2.75) is 13.8 Å². The van der Waals surface area contributed by atoms with Crippen LogP contribution >= 0.6 is 11.3 Å². The van der Waals surface area contributed by atoms with Crippen molar-refractivity contribution in [2.24, 2.45) is 0 Å². The molecule has 1 aromatic rings. The Labute approximate surface area is 101 Å². The second-order valence-electron chi connectivity index (χ2n) is 3.38. The fourth-order valence-electron chi connectivity index (χ4n) is 1.35. The lowest BCUT2D eigenvalue weighted by Gasteiger charge is -2.00. The molecule has 0 aliphatic heterocycles. The average Bonchev–Trinajstić information content (AvgIpc) is 2.59. The molecule has 2 heteroatoms. The molecular formula is C14H17NS. The molecule has 0 fully saturated rings. The highest BCUT2D eigenvalue weighted by molar-refractivity contribution is 7.14. The normalized spacial score (nSPS) is 12.8. The maximum atomic E-state index is 5.86. The number of hydrogen-bond donors (Lipinski definition) is 1. The second kappa shape index (κ2) is 6.13. The molecule has 1 aromatic heterocycles. The van der Waals surface area contributed by atoms with Gasteiger partial charge >= 0.3 is 0 Å². The average molecular weight is 231 g/mol. The van der Waals surface area contributed by atoms with Crippen molar-refractivity contribution in [1.29, 1.82) is 0 Å². The third-order valence-electron chi connectivity index (χ3n) is 2.27. The molecule has 0 spiro atoms. The molecule has 0 bridgehead atoms. The SMILES string of the molecule is C=C\C=C(/C=C\C=C/C)c1csc(N)c1C. The molecule has 0 aliphatic carbocycles. The second-order valence-corrected chi connectivity index (χ2v) is 4.29. The summed E-state index contributed by atoms with van der Waals surface area (Å²) < 4.78 is 0. The van der Waals surface area contributed by atoms with Crippen LogP contribution < -0.4 is 5.73 Å². The van der Waals surface area contributed by atoms with Crippen LogP contribution in [0.1, 0.15) is 18.1 Å². The predicted molar refractivity (Wildman–Crippen MR) is 75.6 cm³/mol. The highest BCUT2D eigenvalue weighted by atomic mass is 32.1. The van der Waals surface area contributed by atoms with E-state index >= 15 is 0 Å². The minimum atomic E-state index is 0.879. The summed E-state index contributed by atoms with van der Waals surface area (Å²) in [6.07, 6.45) is 11.9. The number of hydrogen-bond acceptors (Lipinski definition) is 2. The Kier molecular flexibility index (Phi) is 4.80. The van der Waals surface area contributed by atoms with Crippen LogP contribution in [-0.2, 0) is 0 Å². The van der Waals surface area contributed by atoms with E-state index in [4.69, 9.17) is 5.73 Å². The maximum Gasteiger partial charge on any atom is 0.0892 e. The smallest absolute Gasteiger partial charge is 0.0892 e. The van der Waals surface area contributed by atoms with Crippen molar-refractivity contribution in [3.8, 4) is 0 Å². The van der Waals surface area contributed by atoms with Crippen molar-refractivity contribution in [2.75, 3.05) is 5.73 Å². The van der Waals surface area contributed by atoms with E-state index in [0.717, 1.165) is 16.1 Å². The lowest BCUT2D eigenvalue weighted by Crippen LogP contribution is -1.85. The van der Waals surface area contributed by atoms with Gasteiger partial charge < -0.3 is 5.73 Å². The molecule has 0 aliphatic rings. The van der Waals surface area contributed by atoms with Gasteiger partial charge in [0.15, 0.2) is 0 Å². The number of anilines is 1. The Morgan fingerprint density at radius 3 is 2.69 bits per heavy atom. The van der Waals surface area contributed by atoms with Gasteiger partial charge in [-0.15, -0.1) is 11.3 Å². The zero-order chi connectivity index (χ0) is 12.0. The van der Waals surface area contributed by atoms with Crippen LogP contribution in [0.15, 0.2) is 48.4 Å². The molecule has 0 saturated heterocycles. The molecule has 0 radical (unpaired) electrons. The summed E-state index contributed by atoms with van der Waals surface area (Å²) in [6, 6.07) is 0. The van der Waals surface area contributed by atoms with E-state index in [1.807, 2.05) is 38.2 Å². The van der Waals surface area contributed by atoms with Gasteiger partial charge in [-0.2, -0.15) is 0 Å². The Morgan fingerprint density at radius 1 is 1.44 bits per heavy atom. The highest BCUT2D eigenvalue weighted by Crippen LogP contribution is 2.30. The van der Waals surface area contributed by atoms with Crippen LogP contribution in [0.4, 0.5) is 5.00 Å². The fourth-order valence-corrected chi connectivity index (χ4v) is 2.19. The van der Waals surface area contributed by atoms with Crippen LogP contribution in [0.3, 0.4) is 0 Å². The quantitative estimate of drug-likeness (QED) is 0.766. The first-order chi connectivity index (χ1) is 7.70. The van der Waals surface area contributed by atoms with Crippen molar-refractivity contribution in [3.05, 3.63) is 59.5 Å². The molecule has 0 amide bonds. The molecule has 1 heterocycles. The van der Waals surface area contributed by atoms with E-state index in [1.54, 1.807) is 17.4 Å². The number of thiophene rings is 1. The summed E-state index contributed by atoms with van der Waals surface area (Å²) >= 11 is 1.58. The van der Waals surface area contributed by atoms with Crippen molar-refractivity contribution < 1.29 is 0 Å². The van der Waals surface area contributed by atoms with Crippen LogP contribution in [0.25, 0.3) is 5.57 Å². The molecule has 2 N–H and O–H groups in total. The summed E-state index contributed by atoms with van der Waals surface area (Å²) in [5.74, 6) is 0. The molecule has 0 saturated carbocycles. The van der Waals surface area contributed by atoms with Gasteiger partial charge in [0.25, 0.3) is 0 Å². The van der Waals surface area contributed by atoms with Crippen LogP contribution in [-0.4, -0.2) is 0 Å². The van der Waals surface area contributed by atoms with Gasteiger partial charge in [-0.05, 0) is 30.5 Å². The van der Waals surface area contributed by atoms with Crippen molar-refractivity contribution >= 4 is 21.9 Å². The molecule has 84 valence electrons. The number of nitrogens with two attached hydrogens (primary N) is 1. The van der Waals surface area contributed by atoms with E-state index in [-0.39, 0.29) is 0 Å². The zero-order valence-corrected chi connectivity index (χ0v) is 10.6. The Balaban J connectivity index is 3.08.